The van der Waals surface area contributed by atoms with Gasteiger partial charge >= 0.3 is 0 Å². The Morgan fingerprint density at radius 2 is 2.04 bits per heavy atom. The van der Waals surface area contributed by atoms with Gasteiger partial charge in [-0.15, -0.1) is 6.42 Å². The summed E-state index contributed by atoms with van der Waals surface area (Å²) in [4.78, 5) is 8.31. The molecule has 4 rings (SSSR count). The van der Waals surface area contributed by atoms with Gasteiger partial charge in [-0.1, -0.05) is 38.8 Å². The van der Waals surface area contributed by atoms with Crippen molar-refractivity contribution >= 4 is 21.8 Å². The minimum atomic E-state index is 0.340. The first-order chi connectivity index (χ1) is 11.2. The number of rotatable bonds is 1. The fourth-order valence-electron chi connectivity index (χ4n) is 3.20. The molecule has 2 N–H and O–H groups in total. The molecule has 1 saturated heterocycles. The highest BCUT2D eigenvalue weighted by Crippen LogP contribution is 2.29. The molecule has 118 valence electrons. The van der Waals surface area contributed by atoms with Crippen LogP contribution < -0.4 is 5.32 Å². The molecule has 0 unspecified atom stereocenters. The molecule has 3 heteroatoms. The average molecular weight is 305 g/mol. The fourth-order valence-corrected chi connectivity index (χ4v) is 3.20. The Morgan fingerprint density at radius 1 is 1.22 bits per heavy atom. The molecular weight excluding hydrogens is 282 g/mol. The van der Waals surface area contributed by atoms with Crippen LogP contribution in [-0.4, -0.2) is 16.5 Å². The summed E-state index contributed by atoms with van der Waals surface area (Å²) in [6, 6.07) is 10.6. The van der Waals surface area contributed by atoms with Crippen molar-refractivity contribution in [3.05, 3.63) is 41.7 Å². The number of H-pyrrole nitrogens is 1. The molecule has 0 aliphatic carbocycles. The Kier molecular flexibility index (Phi) is 4.36. The maximum absolute atomic E-state index is 5.47. The monoisotopic (exact) mass is 305 g/mol. The van der Waals surface area contributed by atoms with Gasteiger partial charge in [-0.05, 0) is 42.5 Å². The Hall–Kier alpha value is -2.31. The van der Waals surface area contributed by atoms with Gasteiger partial charge < -0.3 is 10.3 Å². The highest BCUT2D eigenvalue weighted by atomic mass is 15.0. The summed E-state index contributed by atoms with van der Waals surface area (Å²) in [7, 11) is 0. The lowest BCUT2D eigenvalue weighted by Crippen LogP contribution is -2.14. The van der Waals surface area contributed by atoms with E-state index in [0.29, 0.717) is 12.0 Å². The molecular formula is C20H23N3. The van der Waals surface area contributed by atoms with Crippen LogP contribution in [0.3, 0.4) is 0 Å². The largest absolute Gasteiger partial charge is 0.341 e. The van der Waals surface area contributed by atoms with Crippen LogP contribution in [0.1, 0.15) is 44.6 Å². The first-order valence-corrected chi connectivity index (χ1v) is 8.37. The van der Waals surface area contributed by atoms with Gasteiger partial charge in [0.1, 0.15) is 5.82 Å². The molecule has 1 aliphatic rings. The Morgan fingerprint density at radius 3 is 2.74 bits per heavy atom. The van der Waals surface area contributed by atoms with Gasteiger partial charge in [-0.25, -0.2) is 4.98 Å². The van der Waals surface area contributed by atoms with Crippen LogP contribution in [0.2, 0.25) is 0 Å². The zero-order valence-corrected chi connectivity index (χ0v) is 14.0. The van der Waals surface area contributed by atoms with E-state index in [2.05, 4.69) is 41.3 Å². The quantitative estimate of drug-likeness (QED) is 0.654. The highest BCUT2D eigenvalue weighted by molar-refractivity contribution is 6.04. The average Bonchev–Trinajstić information content (AvgIpc) is 3.22. The summed E-state index contributed by atoms with van der Waals surface area (Å²) in [5.41, 5.74) is 3.03. The maximum atomic E-state index is 5.47. The van der Waals surface area contributed by atoms with Crippen molar-refractivity contribution in [1.29, 1.82) is 0 Å². The van der Waals surface area contributed by atoms with Crippen LogP contribution in [0.15, 0.2) is 30.3 Å². The summed E-state index contributed by atoms with van der Waals surface area (Å²) in [6.07, 6.45) is 6.61. The molecule has 0 radical (unpaired) electrons. The number of fused-ring (bicyclic) bond motifs is 3. The van der Waals surface area contributed by atoms with Gasteiger partial charge in [-0.2, -0.15) is 0 Å². The number of benzene rings is 2. The summed E-state index contributed by atoms with van der Waals surface area (Å²) >= 11 is 0. The van der Waals surface area contributed by atoms with Crippen LogP contribution >= 0.6 is 0 Å². The highest BCUT2D eigenvalue weighted by Gasteiger charge is 2.24. The molecule has 1 aliphatic heterocycles. The SMILES string of the molecule is C#Cc1ccc2c(ccc3[nH]c([C@@H]4C[C@H](C)CN4)nc32)c1.CC. The number of hydrogen-bond acceptors (Lipinski definition) is 2. The van der Waals surface area contributed by atoms with Crippen LogP contribution in [0.25, 0.3) is 21.8 Å². The maximum Gasteiger partial charge on any atom is 0.124 e. The number of aromatic amines is 1. The number of aromatic nitrogens is 2. The van der Waals surface area contributed by atoms with Crippen molar-refractivity contribution < 1.29 is 0 Å². The predicted molar refractivity (Wildman–Crippen MR) is 97.4 cm³/mol. The summed E-state index contributed by atoms with van der Waals surface area (Å²) in [5.74, 6) is 4.43. The molecule has 0 amide bonds. The molecule has 0 bridgehead atoms. The minimum Gasteiger partial charge on any atom is -0.341 e. The van der Waals surface area contributed by atoms with Crippen molar-refractivity contribution in [2.24, 2.45) is 5.92 Å². The van der Waals surface area contributed by atoms with E-state index in [1.54, 1.807) is 0 Å². The zero-order chi connectivity index (χ0) is 16.4. The topological polar surface area (TPSA) is 40.7 Å². The van der Waals surface area contributed by atoms with Crippen LogP contribution in [0, 0.1) is 18.3 Å². The Balaban J connectivity index is 0.000000753. The fraction of sp³-hybridized carbons (Fsp3) is 0.350. The molecule has 0 saturated carbocycles. The molecule has 2 atom stereocenters. The van der Waals surface area contributed by atoms with Gasteiger partial charge in [0.05, 0.1) is 17.1 Å². The van der Waals surface area contributed by atoms with Crippen LogP contribution in [0.5, 0.6) is 0 Å². The lowest BCUT2D eigenvalue weighted by atomic mass is 10.1. The van der Waals surface area contributed by atoms with Crippen LogP contribution in [-0.2, 0) is 0 Å². The van der Waals surface area contributed by atoms with Gasteiger partial charge in [0.25, 0.3) is 0 Å². The van der Waals surface area contributed by atoms with Crippen molar-refractivity contribution in [1.82, 2.24) is 15.3 Å². The lowest BCUT2D eigenvalue weighted by molar-refractivity contribution is 0.589. The van der Waals surface area contributed by atoms with E-state index < -0.39 is 0 Å². The normalized spacial score (nSPS) is 20.3. The van der Waals surface area contributed by atoms with E-state index in [0.717, 1.165) is 46.2 Å². The Labute approximate surface area is 137 Å². The molecule has 23 heavy (non-hydrogen) atoms. The van der Waals surface area contributed by atoms with E-state index in [-0.39, 0.29) is 0 Å². The van der Waals surface area contributed by atoms with E-state index >= 15 is 0 Å². The van der Waals surface area contributed by atoms with Gasteiger partial charge in [0, 0.05) is 10.9 Å². The van der Waals surface area contributed by atoms with Crippen LogP contribution in [0.4, 0.5) is 0 Å². The smallest absolute Gasteiger partial charge is 0.124 e. The van der Waals surface area contributed by atoms with Gasteiger partial charge in [-0.3, -0.25) is 0 Å². The zero-order valence-electron chi connectivity index (χ0n) is 14.0. The molecule has 3 nitrogen and oxygen atoms in total. The number of terminal acetylenes is 1. The van der Waals surface area contributed by atoms with Gasteiger partial charge in [0.15, 0.2) is 0 Å². The van der Waals surface area contributed by atoms with E-state index in [4.69, 9.17) is 11.4 Å². The second-order valence-electron chi connectivity index (χ2n) is 5.97. The molecule has 2 heterocycles. The minimum absolute atomic E-state index is 0.340. The number of nitrogens with one attached hydrogen (secondary N) is 2. The number of nitrogens with zero attached hydrogens (tertiary/aromatic N) is 1. The molecule has 2 aromatic carbocycles. The Bertz CT molecular complexity index is 870. The molecule has 1 fully saturated rings. The summed E-state index contributed by atoms with van der Waals surface area (Å²) in [5, 5.41) is 5.82. The van der Waals surface area contributed by atoms with Crippen molar-refractivity contribution in [2.45, 2.75) is 33.2 Å². The van der Waals surface area contributed by atoms with Crippen molar-refractivity contribution in [3.8, 4) is 12.3 Å². The predicted octanol–water partition coefficient (Wildman–Crippen LogP) is 4.39. The molecule has 3 aromatic rings. The second-order valence-corrected chi connectivity index (χ2v) is 5.97. The van der Waals surface area contributed by atoms with E-state index in [1.165, 1.54) is 0 Å². The van der Waals surface area contributed by atoms with Crippen molar-refractivity contribution in [2.75, 3.05) is 6.54 Å². The summed E-state index contributed by atoms with van der Waals surface area (Å²) < 4.78 is 0. The summed E-state index contributed by atoms with van der Waals surface area (Å²) in [6.45, 7) is 7.33. The first kappa shape index (κ1) is 15.6. The molecule has 0 spiro atoms. The van der Waals surface area contributed by atoms with Crippen molar-refractivity contribution in [3.63, 3.8) is 0 Å². The third kappa shape index (κ3) is 2.83. The second kappa shape index (κ2) is 6.44. The van der Waals surface area contributed by atoms with E-state index in [1.807, 2.05) is 26.0 Å². The lowest BCUT2D eigenvalue weighted by Gasteiger charge is -2.04. The number of hydrogen-bond donors (Lipinski definition) is 2. The third-order valence-corrected chi connectivity index (χ3v) is 4.33. The first-order valence-electron chi connectivity index (χ1n) is 8.37. The third-order valence-electron chi connectivity index (χ3n) is 4.33. The van der Waals surface area contributed by atoms with Gasteiger partial charge in [0.2, 0.25) is 0 Å². The standard InChI is InChI=1S/C18H17N3.C2H6/c1-3-12-4-6-14-13(9-12)5-7-15-17(14)21-18(20-15)16-8-11(2)10-19-16;1-2/h1,4-7,9,11,16,19H,8,10H2,2H3,(H,20,21);1-2H3/t11-,16-;/m0./s1. The number of imidazole rings is 1. The molecule has 1 aromatic heterocycles. The van der Waals surface area contributed by atoms with E-state index in [9.17, 15) is 0 Å².